The number of hydrogen-bond donors (Lipinski definition) is 0. The third-order valence-corrected chi connectivity index (χ3v) is 2.35. The first-order valence-corrected chi connectivity index (χ1v) is 5.64. The Balaban J connectivity index is 0.000000160. The Hall–Kier alpha value is -1.56. The maximum atomic E-state index is 2.17. The van der Waals surface area contributed by atoms with E-state index in [1.165, 1.54) is 22.3 Å². The van der Waals surface area contributed by atoms with Crippen molar-refractivity contribution in [3.8, 4) is 0 Å². The zero-order valence-electron chi connectivity index (χ0n) is 10.6. The minimum Gasteiger partial charge on any atom is -0.0617 e. The Morgan fingerprint density at radius 3 is 0.875 bits per heavy atom. The van der Waals surface area contributed by atoms with Crippen molar-refractivity contribution < 1.29 is 0 Å². The number of benzene rings is 2. The van der Waals surface area contributed by atoms with E-state index in [2.05, 4.69) is 76.2 Å². The van der Waals surface area contributed by atoms with Crippen molar-refractivity contribution in [2.75, 3.05) is 0 Å². The molecule has 0 spiro atoms. The van der Waals surface area contributed by atoms with Gasteiger partial charge in [-0.25, -0.2) is 0 Å². The second-order valence-corrected chi connectivity index (χ2v) is 4.32. The highest BCUT2D eigenvalue weighted by Gasteiger charge is 1.81. The monoisotopic (exact) mass is 212 g/mol. The lowest BCUT2D eigenvalue weighted by Gasteiger charge is -1.90. The molecule has 0 aliphatic carbocycles. The normalized spacial score (nSPS) is 9.25. The molecule has 0 amide bonds. The molecule has 0 aromatic heterocycles. The van der Waals surface area contributed by atoms with Crippen LogP contribution in [-0.2, 0) is 0 Å². The molecule has 0 radical (unpaired) electrons. The molecule has 0 saturated carbocycles. The van der Waals surface area contributed by atoms with E-state index in [1.807, 2.05) is 0 Å². The summed E-state index contributed by atoms with van der Waals surface area (Å²) >= 11 is 0. The zero-order valence-corrected chi connectivity index (χ0v) is 10.6. The highest BCUT2D eigenvalue weighted by molar-refractivity contribution is 5.20. The van der Waals surface area contributed by atoms with Crippen LogP contribution in [0.5, 0.6) is 0 Å². The van der Waals surface area contributed by atoms with Crippen LogP contribution in [0.4, 0.5) is 0 Å². The molecule has 2 aromatic rings. The van der Waals surface area contributed by atoms with Crippen LogP contribution in [0.1, 0.15) is 22.3 Å². The quantitative estimate of drug-likeness (QED) is 0.598. The molecule has 0 heteroatoms. The molecule has 84 valence electrons. The van der Waals surface area contributed by atoms with Crippen LogP contribution in [0, 0.1) is 27.7 Å². The molecule has 0 nitrogen and oxygen atoms in total. The van der Waals surface area contributed by atoms with Gasteiger partial charge in [0.05, 0.1) is 0 Å². The van der Waals surface area contributed by atoms with Crippen LogP contribution >= 0.6 is 0 Å². The highest BCUT2D eigenvalue weighted by atomic mass is 13.9. The molecule has 0 N–H and O–H groups in total. The molecule has 0 fully saturated rings. The van der Waals surface area contributed by atoms with Crippen molar-refractivity contribution in [2.24, 2.45) is 0 Å². The fraction of sp³-hybridized carbons (Fsp3) is 0.250. The average molecular weight is 212 g/mol. The zero-order chi connectivity index (χ0) is 12.0. The van der Waals surface area contributed by atoms with Crippen LogP contribution in [0.3, 0.4) is 0 Å². The van der Waals surface area contributed by atoms with E-state index in [1.54, 1.807) is 0 Å². The van der Waals surface area contributed by atoms with Gasteiger partial charge in [0.1, 0.15) is 0 Å². The van der Waals surface area contributed by atoms with Crippen LogP contribution in [0.15, 0.2) is 48.5 Å². The van der Waals surface area contributed by atoms with Gasteiger partial charge in [-0.3, -0.25) is 0 Å². The molecule has 2 aromatic carbocycles. The molecule has 0 bridgehead atoms. The van der Waals surface area contributed by atoms with Crippen molar-refractivity contribution in [3.05, 3.63) is 70.8 Å². The van der Waals surface area contributed by atoms with Crippen LogP contribution in [0.2, 0.25) is 0 Å². The predicted octanol–water partition coefficient (Wildman–Crippen LogP) is 4.61. The molecule has 0 aliphatic heterocycles. The topological polar surface area (TPSA) is 0 Å². The van der Waals surface area contributed by atoms with Crippen molar-refractivity contribution >= 4 is 0 Å². The van der Waals surface area contributed by atoms with Gasteiger partial charge in [-0.15, -0.1) is 0 Å². The van der Waals surface area contributed by atoms with Crippen LogP contribution in [-0.4, -0.2) is 0 Å². The molecule has 0 atom stereocenters. The number of hydrogen-bond acceptors (Lipinski definition) is 0. The standard InChI is InChI=1S/2C8H10/c2*1-7-4-3-5-8(2)6-7/h2*3-6H,1-2H3. The van der Waals surface area contributed by atoms with E-state index in [0.717, 1.165) is 0 Å². The molecule has 0 heterocycles. The summed E-state index contributed by atoms with van der Waals surface area (Å²) in [7, 11) is 0. The number of rotatable bonds is 0. The average Bonchev–Trinajstić information content (AvgIpc) is 2.17. The molecule has 16 heavy (non-hydrogen) atoms. The summed E-state index contributed by atoms with van der Waals surface area (Å²) in [4.78, 5) is 0. The van der Waals surface area contributed by atoms with Gasteiger partial charge in [0.25, 0.3) is 0 Å². The maximum Gasteiger partial charge on any atom is -0.0398 e. The molecule has 0 saturated heterocycles. The Morgan fingerprint density at radius 2 is 0.750 bits per heavy atom. The van der Waals surface area contributed by atoms with Gasteiger partial charge >= 0.3 is 0 Å². The van der Waals surface area contributed by atoms with Gasteiger partial charge in [0, 0.05) is 0 Å². The first-order valence-electron chi connectivity index (χ1n) is 5.64. The summed E-state index contributed by atoms with van der Waals surface area (Å²) in [5.41, 5.74) is 5.35. The van der Waals surface area contributed by atoms with E-state index >= 15 is 0 Å². The first-order chi connectivity index (χ1) is 7.58. The SMILES string of the molecule is Cc1cccc(C)c1.Cc1cccc(C)c1. The summed E-state index contributed by atoms with van der Waals surface area (Å²) in [6, 6.07) is 16.9. The molecule has 2 rings (SSSR count). The lowest BCUT2D eigenvalue weighted by atomic mass is 10.2. The van der Waals surface area contributed by atoms with Gasteiger partial charge in [-0.1, -0.05) is 70.8 Å². The summed E-state index contributed by atoms with van der Waals surface area (Å²) in [6.07, 6.45) is 0. The van der Waals surface area contributed by atoms with E-state index in [9.17, 15) is 0 Å². The Labute approximate surface area is 99.0 Å². The molecule has 0 aliphatic rings. The van der Waals surface area contributed by atoms with Crippen molar-refractivity contribution in [3.63, 3.8) is 0 Å². The lowest BCUT2D eigenvalue weighted by Crippen LogP contribution is -1.71. The predicted molar refractivity (Wildman–Crippen MR) is 71.8 cm³/mol. The van der Waals surface area contributed by atoms with Crippen LogP contribution in [0.25, 0.3) is 0 Å². The third-order valence-electron chi connectivity index (χ3n) is 2.35. The summed E-state index contributed by atoms with van der Waals surface area (Å²) in [6.45, 7) is 8.42. The van der Waals surface area contributed by atoms with E-state index in [-0.39, 0.29) is 0 Å². The van der Waals surface area contributed by atoms with E-state index < -0.39 is 0 Å². The molecular weight excluding hydrogens is 192 g/mol. The third kappa shape index (κ3) is 4.79. The van der Waals surface area contributed by atoms with E-state index in [0.29, 0.717) is 0 Å². The van der Waals surface area contributed by atoms with E-state index in [4.69, 9.17) is 0 Å². The smallest absolute Gasteiger partial charge is 0.0398 e. The minimum absolute atomic E-state index is 1.34. The fourth-order valence-electron chi connectivity index (χ4n) is 1.61. The van der Waals surface area contributed by atoms with Crippen molar-refractivity contribution in [2.45, 2.75) is 27.7 Å². The second-order valence-electron chi connectivity index (χ2n) is 4.32. The van der Waals surface area contributed by atoms with Gasteiger partial charge in [-0.2, -0.15) is 0 Å². The van der Waals surface area contributed by atoms with Gasteiger partial charge < -0.3 is 0 Å². The number of aryl methyl sites for hydroxylation is 4. The van der Waals surface area contributed by atoms with Crippen LogP contribution < -0.4 is 0 Å². The first kappa shape index (κ1) is 12.5. The summed E-state index contributed by atoms with van der Waals surface area (Å²) in [5.74, 6) is 0. The molecular formula is C16H20. The van der Waals surface area contributed by atoms with Crippen molar-refractivity contribution in [1.29, 1.82) is 0 Å². The summed E-state index contributed by atoms with van der Waals surface area (Å²) in [5, 5.41) is 0. The highest BCUT2D eigenvalue weighted by Crippen LogP contribution is 2.00. The lowest BCUT2D eigenvalue weighted by molar-refractivity contribution is 1.39. The largest absolute Gasteiger partial charge is 0.0617 e. The Morgan fingerprint density at radius 1 is 0.500 bits per heavy atom. The van der Waals surface area contributed by atoms with Gasteiger partial charge in [0.15, 0.2) is 0 Å². The van der Waals surface area contributed by atoms with Gasteiger partial charge in [-0.05, 0) is 27.7 Å². The Kier molecular flexibility index (Phi) is 4.78. The summed E-state index contributed by atoms with van der Waals surface area (Å²) < 4.78 is 0. The van der Waals surface area contributed by atoms with Gasteiger partial charge in [0.2, 0.25) is 0 Å². The van der Waals surface area contributed by atoms with Crippen molar-refractivity contribution in [1.82, 2.24) is 0 Å². The minimum atomic E-state index is 1.34. The Bertz CT molecular complexity index is 363. The second kappa shape index (κ2) is 6.12. The molecule has 0 unspecified atom stereocenters. The maximum absolute atomic E-state index is 2.17. The fourth-order valence-corrected chi connectivity index (χ4v) is 1.61.